The Balaban J connectivity index is 2.13. The molecule has 23 heavy (non-hydrogen) atoms. The van der Waals surface area contributed by atoms with Crippen molar-refractivity contribution in [2.45, 2.75) is 25.1 Å². The summed E-state index contributed by atoms with van der Waals surface area (Å²) in [7, 11) is 0. The Morgan fingerprint density at radius 2 is 2.04 bits per heavy atom. The number of benzene rings is 1. The minimum atomic E-state index is -4.64. The van der Waals surface area contributed by atoms with Crippen LogP contribution < -0.4 is 5.32 Å². The van der Waals surface area contributed by atoms with Crippen LogP contribution in [0.1, 0.15) is 18.4 Å². The third-order valence-electron chi connectivity index (χ3n) is 3.83. The number of rotatable bonds is 5. The molecule has 1 unspecified atom stereocenters. The Morgan fingerprint density at radius 3 is 2.61 bits per heavy atom. The fourth-order valence-corrected chi connectivity index (χ4v) is 2.52. The number of ether oxygens (including phenoxy) is 1. The molecule has 0 spiro atoms. The van der Waals surface area contributed by atoms with Crippen molar-refractivity contribution in [3.05, 3.63) is 33.9 Å². The third kappa shape index (κ3) is 4.55. The standard InChI is InChI=1S/C14H17F3N2O4/c15-14(16,17)11-2-1-10(19(21)22)7-12(11)18-8-13(20)9-3-5-23-6-4-9/h1-2,7,9,13,18,20H,3-6,8H2. The number of anilines is 1. The van der Waals surface area contributed by atoms with Crippen molar-refractivity contribution >= 4 is 11.4 Å². The highest BCUT2D eigenvalue weighted by molar-refractivity contribution is 5.58. The van der Waals surface area contributed by atoms with Crippen molar-refractivity contribution in [2.24, 2.45) is 5.92 Å². The second-order valence-corrected chi connectivity index (χ2v) is 5.38. The summed E-state index contributed by atoms with van der Waals surface area (Å²) in [5, 5.41) is 23.3. The first-order valence-electron chi connectivity index (χ1n) is 7.14. The quantitative estimate of drug-likeness (QED) is 0.639. The lowest BCUT2D eigenvalue weighted by molar-refractivity contribution is -0.384. The smallest absolute Gasteiger partial charge is 0.391 e. The van der Waals surface area contributed by atoms with Gasteiger partial charge in [0.25, 0.3) is 5.69 Å². The van der Waals surface area contributed by atoms with Gasteiger partial charge >= 0.3 is 6.18 Å². The highest BCUT2D eigenvalue weighted by Crippen LogP contribution is 2.36. The van der Waals surface area contributed by atoms with E-state index in [1.54, 1.807) is 0 Å². The molecule has 128 valence electrons. The Hall–Kier alpha value is -1.87. The zero-order chi connectivity index (χ0) is 17.0. The van der Waals surface area contributed by atoms with Gasteiger partial charge in [0.15, 0.2) is 0 Å². The number of non-ortho nitro benzene ring substituents is 1. The molecule has 1 aliphatic heterocycles. The lowest BCUT2D eigenvalue weighted by Crippen LogP contribution is -2.33. The van der Waals surface area contributed by atoms with Gasteiger partial charge in [-0.2, -0.15) is 13.2 Å². The Bertz CT molecular complexity index is 559. The van der Waals surface area contributed by atoms with Crippen LogP contribution in [-0.2, 0) is 10.9 Å². The number of nitro groups is 1. The van der Waals surface area contributed by atoms with Crippen LogP contribution in [0.4, 0.5) is 24.5 Å². The fraction of sp³-hybridized carbons (Fsp3) is 0.571. The number of alkyl halides is 3. The molecule has 0 aliphatic carbocycles. The predicted molar refractivity (Wildman–Crippen MR) is 76.1 cm³/mol. The van der Waals surface area contributed by atoms with Crippen LogP contribution in [-0.4, -0.2) is 35.9 Å². The minimum absolute atomic E-state index is 0.0655. The van der Waals surface area contributed by atoms with Crippen LogP contribution in [0, 0.1) is 16.0 Å². The summed E-state index contributed by atoms with van der Waals surface area (Å²) in [6.45, 7) is 0.896. The number of hydrogen-bond donors (Lipinski definition) is 2. The van der Waals surface area contributed by atoms with Crippen LogP contribution in [0.2, 0.25) is 0 Å². The van der Waals surface area contributed by atoms with Gasteiger partial charge in [-0.1, -0.05) is 0 Å². The van der Waals surface area contributed by atoms with Crippen LogP contribution in [0.25, 0.3) is 0 Å². The van der Waals surface area contributed by atoms with Crippen LogP contribution >= 0.6 is 0 Å². The molecule has 0 bridgehead atoms. The van der Waals surface area contributed by atoms with Crippen molar-refractivity contribution < 1.29 is 27.9 Å². The van der Waals surface area contributed by atoms with Crippen molar-refractivity contribution in [3.63, 3.8) is 0 Å². The summed E-state index contributed by atoms with van der Waals surface area (Å²) in [6, 6.07) is 2.31. The summed E-state index contributed by atoms with van der Waals surface area (Å²) in [5.74, 6) is -0.0655. The molecule has 1 aliphatic rings. The number of nitro benzene ring substituents is 1. The lowest BCUT2D eigenvalue weighted by Gasteiger charge is -2.27. The molecule has 1 fully saturated rings. The van der Waals surface area contributed by atoms with Gasteiger partial charge in [-0.25, -0.2) is 0 Å². The predicted octanol–water partition coefficient (Wildman–Crippen LogP) is 2.81. The van der Waals surface area contributed by atoms with Gasteiger partial charge in [0.1, 0.15) is 0 Å². The zero-order valence-corrected chi connectivity index (χ0v) is 12.2. The average Bonchev–Trinajstić information content (AvgIpc) is 2.52. The van der Waals surface area contributed by atoms with Crippen molar-refractivity contribution in [1.82, 2.24) is 0 Å². The number of nitrogens with zero attached hydrogens (tertiary/aromatic N) is 1. The van der Waals surface area contributed by atoms with Gasteiger partial charge in [-0.05, 0) is 24.8 Å². The largest absolute Gasteiger partial charge is 0.418 e. The van der Waals surface area contributed by atoms with Crippen LogP contribution in [0.5, 0.6) is 0 Å². The molecular formula is C14H17F3N2O4. The van der Waals surface area contributed by atoms with E-state index in [9.17, 15) is 28.4 Å². The van der Waals surface area contributed by atoms with E-state index >= 15 is 0 Å². The number of aliphatic hydroxyl groups excluding tert-OH is 1. The number of nitrogens with one attached hydrogen (secondary N) is 1. The minimum Gasteiger partial charge on any atom is -0.391 e. The van der Waals surface area contributed by atoms with Gasteiger partial charge < -0.3 is 15.2 Å². The molecule has 0 radical (unpaired) electrons. The Labute approximate surface area is 130 Å². The summed E-state index contributed by atoms with van der Waals surface area (Å²) in [5.41, 5.74) is -1.85. The monoisotopic (exact) mass is 334 g/mol. The van der Waals surface area contributed by atoms with Crippen molar-refractivity contribution in [3.8, 4) is 0 Å². The van der Waals surface area contributed by atoms with Crippen LogP contribution in [0.15, 0.2) is 18.2 Å². The molecule has 0 saturated carbocycles. The summed E-state index contributed by atoms with van der Waals surface area (Å²) in [6.07, 6.45) is -4.23. The topological polar surface area (TPSA) is 84.6 Å². The highest BCUT2D eigenvalue weighted by atomic mass is 19.4. The molecule has 6 nitrogen and oxygen atoms in total. The maximum Gasteiger partial charge on any atom is 0.418 e. The zero-order valence-electron chi connectivity index (χ0n) is 12.2. The second kappa shape index (κ2) is 7.14. The van der Waals surface area contributed by atoms with Gasteiger partial charge in [0, 0.05) is 31.9 Å². The van der Waals surface area contributed by atoms with Crippen molar-refractivity contribution in [2.75, 3.05) is 25.1 Å². The normalized spacial score (nSPS) is 17.7. The molecular weight excluding hydrogens is 317 g/mol. The maximum atomic E-state index is 13.0. The highest BCUT2D eigenvalue weighted by Gasteiger charge is 2.34. The Morgan fingerprint density at radius 1 is 1.39 bits per heavy atom. The maximum absolute atomic E-state index is 13.0. The first kappa shape index (κ1) is 17.5. The molecule has 9 heteroatoms. The summed E-state index contributed by atoms with van der Waals surface area (Å²) < 4.78 is 44.1. The first-order valence-corrected chi connectivity index (χ1v) is 7.14. The second-order valence-electron chi connectivity index (χ2n) is 5.38. The molecule has 0 amide bonds. The molecule has 2 N–H and O–H groups in total. The molecule has 1 saturated heterocycles. The van der Waals surface area contributed by atoms with Crippen molar-refractivity contribution in [1.29, 1.82) is 0 Å². The van der Waals surface area contributed by atoms with E-state index in [1.807, 2.05) is 0 Å². The first-order chi connectivity index (χ1) is 10.8. The fourth-order valence-electron chi connectivity index (χ4n) is 2.52. The third-order valence-corrected chi connectivity index (χ3v) is 3.83. The van der Waals surface area contributed by atoms with E-state index in [-0.39, 0.29) is 12.5 Å². The van der Waals surface area contributed by atoms with E-state index in [0.29, 0.717) is 32.1 Å². The van der Waals surface area contributed by atoms with E-state index < -0.39 is 34.1 Å². The SMILES string of the molecule is O=[N+]([O-])c1ccc(C(F)(F)F)c(NCC(O)C2CCOCC2)c1. The summed E-state index contributed by atoms with van der Waals surface area (Å²) >= 11 is 0. The van der Waals surface area contributed by atoms with Gasteiger partial charge in [-0.3, -0.25) is 10.1 Å². The number of hydrogen-bond acceptors (Lipinski definition) is 5. The van der Waals surface area contributed by atoms with E-state index in [1.165, 1.54) is 0 Å². The molecule has 1 aromatic rings. The molecule has 0 aromatic heterocycles. The van der Waals surface area contributed by atoms with E-state index in [0.717, 1.165) is 12.1 Å². The van der Waals surface area contributed by atoms with E-state index in [2.05, 4.69) is 5.32 Å². The van der Waals surface area contributed by atoms with Crippen LogP contribution in [0.3, 0.4) is 0 Å². The molecule has 1 atom stereocenters. The molecule has 2 rings (SSSR count). The molecule has 1 heterocycles. The number of aliphatic hydroxyl groups is 1. The Kier molecular flexibility index (Phi) is 5.42. The number of halogens is 3. The van der Waals surface area contributed by atoms with E-state index in [4.69, 9.17) is 4.74 Å². The average molecular weight is 334 g/mol. The summed E-state index contributed by atoms with van der Waals surface area (Å²) in [4.78, 5) is 9.97. The van der Waals surface area contributed by atoms with Gasteiger partial charge in [-0.15, -0.1) is 0 Å². The van der Waals surface area contributed by atoms with Gasteiger partial charge in [0.2, 0.25) is 0 Å². The van der Waals surface area contributed by atoms with Gasteiger partial charge in [0.05, 0.1) is 22.3 Å². The molecule has 1 aromatic carbocycles. The lowest BCUT2D eigenvalue weighted by atomic mass is 9.94.